The number of carbonyl (C=O) groups excluding carboxylic acids is 2. The Morgan fingerprint density at radius 2 is 1.74 bits per heavy atom. The highest BCUT2D eigenvalue weighted by molar-refractivity contribution is 5.94. The first kappa shape index (κ1) is 23.5. The Morgan fingerprint density at radius 3 is 2.35 bits per heavy atom. The molecule has 0 heterocycles. The molecule has 1 amide bonds. The van der Waals surface area contributed by atoms with Crippen LogP contribution >= 0.6 is 0 Å². The molecule has 0 aromatic heterocycles. The minimum Gasteiger partial charge on any atom is -0.497 e. The fraction of sp³-hybridized carbons (Fsp3) is 0.333. The second kappa shape index (κ2) is 11.4. The van der Waals surface area contributed by atoms with Crippen molar-refractivity contribution >= 4 is 23.3 Å². The summed E-state index contributed by atoms with van der Waals surface area (Å²) in [4.78, 5) is 34.3. The Bertz CT molecular complexity index is 928. The number of carbonyl (C=O) groups is 2. The van der Waals surface area contributed by atoms with Gasteiger partial charge in [-0.15, -0.1) is 0 Å². The Morgan fingerprint density at radius 1 is 1.06 bits per heavy atom. The number of nitrogens with zero attached hydrogens (tertiary/aromatic N) is 1. The number of hydrogen-bond acceptors (Lipinski definition) is 8. The smallest absolute Gasteiger partial charge is 0.311 e. The van der Waals surface area contributed by atoms with Gasteiger partial charge in [0.05, 0.1) is 25.7 Å². The second-order valence-electron chi connectivity index (χ2n) is 6.43. The van der Waals surface area contributed by atoms with Gasteiger partial charge in [-0.05, 0) is 43.2 Å². The summed E-state index contributed by atoms with van der Waals surface area (Å²) in [6.07, 6.45) is 0.513. The largest absolute Gasteiger partial charge is 0.497 e. The van der Waals surface area contributed by atoms with Crippen LogP contribution in [0.5, 0.6) is 17.2 Å². The standard InChI is InChI=1S/C21H24N2O8/c1-14-11-18(23(26)27)19(29-3)12-17(14)22-20(24)13-31-21(25)5-4-10-30-16-8-6-15(28-2)7-9-16/h6-9,11-12H,4-5,10,13H2,1-3H3,(H,22,24). The summed E-state index contributed by atoms with van der Waals surface area (Å²) < 4.78 is 20.5. The molecule has 31 heavy (non-hydrogen) atoms. The van der Waals surface area contributed by atoms with Gasteiger partial charge in [-0.25, -0.2) is 0 Å². The molecule has 10 heteroatoms. The van der Waals surface area contributed by atoms with E-state index in [9.17, 15) is 19.7 Å². The number of hydrogen-bond donors (Lipinski definition) is 1. The van der Waals surface area contributed by atoms with Crippen LogP contribution in [0.3, 0.4) is 0 Å². The molecule has 0 aliphatic heterocycles. The maximum atomic E-state index is 12.1. The zero-order chi connectivity index (χ0) is 22.8. The highest BCUT2D eigenvalue weighted by Crippen LogP contribution is 2.32. The third kappa shape index (κ3) is 7.18. The monoisotopic (exact) mass is 432 g/mol. The molecule has 2 aromatic rings. The average molecular weight is 432 g/mol. The lowest BCUT2D eigenvalue weighted by molar-refractivity contribution is -0.385. The normalized spacial score (nSPS) is 10.2. The first-order chi connectivity index (χ1) is 14.8. The molecule has 2 rings (SSSR count). The van der Waals surface area contributed by atoms with Gasteiger partial charge in [0.25, 0.3) is 5.91 Å². The lowest BCUT2D eigenvalue weighted by Crippen LogP contribution is -2.21. The number of anilines is 1. The molecule has 0 fully saturated rings. The van der Waals surface area contributed by atoms with Gasteiger partial charge in [0.2, 0.25) is 0 Å². The van der Waals surface area contributed by atoms with Crippen LogP contribution in [-0.4, -0.2) is 44.2 Å². The first-order valence-corrected chi connectivity index (χ1v) is 9.39. The van der Waals surface area contributed by atoms with Gasteiger partial charge >= 0.3 is 11.7 Å². The van der Waals surface area contributed by atoms with Crippen LogP contribution in [0, 0.1) is 17.0 Å². The topological polar surface area (TPSA) is 126 Å². The summed E-state index contributed by atoms with van der Waals surface area (Å²) in [6.45, 7) is 1.45. The van der Waals surface area contributed by atoms with Gasteiger partial charge in [0.15, 0.2) is 12.4 Å². The van der Waals surface area contributed by atoms with Crippen LogP contribution in [0.1, 0.15) is 18.4 Å². The molecule has 0 radical (unpaired) electrons. The van der Waals surface area contributed by atoms with Crippen LogP contribution in [0.15, 0.2) is 36.4 Å². The van der Waals surface area contributed by atoms with Crippen molar-refractivity contribution in [3.05, 3.63) is 52.1 Å². The van der Waals surface area contributed by atoms with E-state index >= 15 is 0 Å². The second-order valence-corrected chi connectivity index (χ2v) is 6.43. The van der Waals surface area contributed by atoms with Crippen molar-refractivity contribution in [1.82, 2.24) is 0 Å². The third-order valence-corrected chi connectivity index (χ3v) is 4.21. The van der Waals surface area contributed by atoms with E-state index in [1.165, 1.54) is 19.2 Å². The van der Waals surface area contributed by atoms with E-state index in [0.717, 1.165) is 5.75 Å². The minimum atomic E-state index is -0.572. The fourth-order valence-corrected chi connectivity index (χ4v) is 2.60. The molecule has 0 unspecified atom stereocenters. The van der Waals surface area contributed by atoms with Crippen molar-refractivity contribution in [1.29, 1.82) is 0 Å². The van der Waals surface area contributed by atoms with Crippen molar-refractivity contribution in [2.24, 2.45) is 0 Å². The molecule has 10 nitrogen and oxygen atoms in total. The van der Waals surface area contributed by atoms with Crippen molar-refractivity contribution in [2.75, 3.05) is 32.8 Å². The Hall–Kier alpha value is -3.82. The summed E-state index contributed by atoms with van der Waals surface area (Å²) in [5, 5.41) is 13.6. The van der Waals surface area contributed by atoms with Crippen molar-refractivity contribution < 1.29 is 33.5 Å². The van der Waals surface area contributed by atoms with Crippen molar-refractivity contribution in [3.8, 4) is 17.2 Å². The van der Waals surface area contributed by atoms with E-state index in [1.54, 1.807) is 38.3 Å². The van der Waals surface area contributed by atoms with Crippen molar-refractivity contribution in [2.45, 2.75) is 19.8 Å². The van der Waals surface area contributed by atoms with Crippen LogP contribution in [0.4, 0.5) is 11.4 Å². The highest BCUT2D eigenvalue weighted by atomic mass is 16.6. The molecule has 0 atom stereocenters. The third-order valence-electron chi connectivity index (χ3n) is 4.21. The molecule has 2 aromatic carbocycles. The molecule has 0 saturated carbocycles. The maximum Gasteiger partial charge on any atom is 0.311 e. The number of aryl methyl sites for hydroxylation is 1. The Balaban J connectivity index is 1.74. The first-order valence-electron chi connectivity index (χ1n) is 9.39. The number of ether oxygens (including phenoxy) is 4. The fourth-order valence-electron chi connectivity index (χ4n) is 2.60. The summed E-state index contributed by atoms with van der Waals surface area (Å²) in [6, 6.07) is 9.70. The quantitative estimate of drug-likeness (QED) is 0.248. The van der Waals surface area contributed by atoms with Crippen LogP contribution in [0.2, 0.25) is 0 Å². The predicted octanol–water partition coefficient (Wildman–Crippen LogP) is 3.26. The van der Waals surface area contributed by atoms with E-state index in [4.69, 9.17) is 18.9 Å². The van der Waals surface area contributed by atoms with Gasteiger partial charge in [-0.3, -0.25) is 19.7 Å². The SMILES string of the molecule is COc1ccc(OCCCC(=O)OCC(=O)Nc2cc(OC)c([N+](=O)[O-])cc2C)cc1. The summed E-state index contributed by atoms with van der Waals surface area (Å²) in [7, 11) is 2.87. The molecular formula is C21H24N2O8. The molecule has 166 valence electrons. The van der Waals surface area contributed by atoms with Gasteiger partial charge < -0.3 is 24.3 Å². The molecule has 0 spiro atoms. The van der Waals surface area contributed by atoms with Gasteiger partial charge in [-0.1, -0.05) is 0 Å². The molecular weight excluding hydrogens is 408 g/mol. The Kier molecular flexibility index (Phi) is 8.62. The van der Waals surface area contributed by atoms with Crippen molar-refractivity contribution in [3.63, 3.8) is 0 Å². The summed E-state index contributed by atoms with van der Waals surface area (Å²) in [5.41, 5.74) is 0.598. The van der Waals surface area contributed by atoms with E-state index in [-0.39, 0.29) is 17.9 Å². The molecule has 0 saturated heterocycles. The number of nitrogens with one attached hydrogen (secondary N) is 1. The molecule has 0 aliphatic rings. The number of esters is 1. The highest BCUT2D eigenvalue weighted by Gasteiger charge is 2.18. The van der Waals surface area contributed by atoms with E-state index in [0.29, 0.717) is 30.0 Å². The minimum absolute atomic E-state index is 0.0137. The zero-order valence-corrected chi connectivity index (χ0v) is 17.5. The van der Waals surface area contributed by atoms with E-state index in [2.05, 4.69) is 5.32 Å². The number of methoxy groups -OCH3 is 2. The maximum absolute atomic E-state index is 12.1. The summed E-state index contributed by atoms with van der Waals surface area (Å²) >= 11 is 0. The molecule has 0 bridgehead atoms. The number of nitro benzene ring substituents is 1. The van der Waals surface area contributed by atoms with Crippen LogP contribution in [0.25, 0.3) is 0 Å². The number of amides is 1. The van der Waals surface area contributed by atoms with Gasteiger partial charge in [-0.2, -0.15) is 0 Å². The zero-order valence-electron chi connectivity index (χ0n) is 17.5. The van der Waals surface area contributed by atoms with Gasteiger partial charge in [0, 0.05) is 24.2 Å². The lowest BCUT2D eigenvalue weighted by atomic mass is 10.1. The molecule has 1 N–H and O–H groups in total. The number of rotatable bonds is 11. The summed E-state index contributed by atoms with van der Waals surface area (Å²) in [5.74, 6) is 0.284. The predicted molar refractivity (Wildman–Crippen MR) is 112 cm³/mol. The number of nitro groups is 1. The van der Waals surface area contributed by atoms with Gasteiger partial charge in [0.1, 0.15) is 11.5 Å². The number of benzene rings is 2. The Labute approximate surface area is 179 Å². The molecule has 0 aliphatic carbocycles. The van der Waals surface area contributed by atoms with Crippen LogP contribution < -0.4 is 19.5 Å². The average Bonchev–Trinajstić information content (AvgIpc) is 2.76. The van der Waals surface area contributed by atoms with Crippen LogP contribution in [-0.2, 0) is 14.3 Å². The van der Waals surface area contributed by atoms with E-state index in [1.807, 2.05) is 0 Å². The lowest BCUT2D eigenvalue weighted by Gasteiger charge is -2.11. The van der Waals surface area contributed by atoms with E-state index < -0.39 is 23.4 Å².